The Labute approximate surface area is 130 Å². The van der Waals surface area contributed by atoms with Crippen LogP contribution in [0.5, 0.6) is 0 Å². The summed E-state index contributed by atoms with van der Waals surface area (Å²) in [6, 6.07) is 0.605. The molecule has 1 aliphatic carbocycles. The van der Waals surface area contributed by atoms with E-state index in [9.17, 15) is 10.1 Å². The molecule has 1 saturated heterocycles. The fourth-order valence-corrected chi connectivity index (χ4v) is 4.00. The molecule has 8 heteroatoms. The molecule has 6 nitrogen and oxygen atoms in total. The van der Waals surface area contributed by atoms with Crippen LogP contribution >= 0.6 is 27.7 Å². The van der Waals surface area contributed by atoms with Gasteiger partial charge < -0.3 is 5.32 Å². The minimum atomic E-state index is -0.343. The van der Waals surface area contributed by atoms with Crippen molar-refractivity contribution in [1.82, 2.24) is 9.78 Å². The predicted octanol–water partition coefficient (Wildman–Crippen LogP) is 3.59. The van der Waals surface area contributed by atoms with Crippen molar-refractivity contribution >= 4 is 39.2 Å². The fourth-order valence-electron chi connectivity index (χ4n) is 2.76. The summed E-state index contributed by atoms with van der Waals surface area (Å²) in [6.07, 6.45) is 5.82. The van der Waals surface area contributed by atoms with Crippen LogP contribution in [-0.2, 0) is 0 Å². The number of nitrogens with one attached hydrogen (secondary N) is 1. The van der Waals surface area contributed by atoms with E-state index in [0.29, 0.717) is 16.5 Å². The van der Waals surface area contributed by atoms with Crippen molar-refractivity contribution in [3.05, 3.63) is 14.7 Å². The van der Waals surface area contributed by atoms with E-state index in [0.717, 1.165) is 24.3 Å². The van der Waals surface area contributed by atoms with Crippen molar-refractivity contribution in [2.45, 2.75) is 44.2 Å². The fraction of sp³-hybridized carbons (Fsp3) is 0.750. The summed E-state index contributed by atoms with van der Waals surface area (Å²) < 4.78 is 2.14. The number of nitrogens with zero attached hydrogens (tertiary/aromatic N) is 3. The van der Waals surface area contributed by atoms with Crippen molar-refractivity contribution in [2.75, 3.05) is 16.8 Å². The number of hydrogen-bond acceptors (Lipinski definition) is 5. The standard InChI is InChI=1S/C12H17BrN4O2S/c13-11-10(17(18)19)12(14-8-4-2-1-3-5-8)16(15-11)9-6-20-7-9/h8-9,14H,1-7H2. The summed E-state index contributed by atoms with van der Waals surface area (Å²) in [6.45, 7) is 0. The SMILES string of the molecule is O=[N+]([O-])c1c(Br)nn(C2CSC2)c1NC1CCCCC1. The van der Waals surface area contributed by atoms with E-state index in [-0.39, 0.29) is 16.7 Å². The second-order valence-corrected chi connectivity index (χ2v) is 7.19. The molecular weight excluding hydrogens is 344 g/mol. The number of nitro groups is 1. The maximum Gasteiger partial charge on any atom is 0.345 e. The third-order valence-electron chi connectivity index (χ3n) is 3.94. The van der Waals surface area contributed by atoms with Gasteiger partial charge >= 0.3 is 5.69 Å². The minimum absolute atomic E-state index is 0.0764. The van der Waals surface area contributed by atoms with Gasteiger partial charge in [0.15, 0.2) is 0 Å². The van der Waals surface area contributed by atoms with Gasteiger partial charge in [0, 0.05) is 17.5 Å². The summed E-state index contributed by atoms with van der Waals surface area (Å²) in [5.74, 6) is 2.54. The zero-order chi connectivity index (χ0) is 14.1. The monoisotopic (exact) mass is 360 g/mol. The van der Waals surface area contributed by atoms with E-state index >= 15 is 0 Å². The first-order valence-electron chi connectivity index (χ1n) is 6.93. The zero-order valence-electron chi connectivity index (χ0n) is 11.0. The van der Waals surface area contributed by atoms with Crippen LogP contribution in [0.2, 0.25) is 0 Å². The van der Waals surface area contributed by atoms with Gasteiger partial charge in [-0.2, -0.15) is 16.9 Å². The molecular formula is C12H17BrN4O2S. The second-order valence-electron chi connectivity index (χ2n) is 5.36. The predicted molar refractivity (Wildman–Crippen MR) is 83.4 cm³/mol. The molecule has 0 unspecified atom stereocenters. The third kappa shape index (κ3) is 2.67. The molecule has 1 aliphatic heterocycles. The normalized spacial score (nSPS) is 20.6. The Morgan fingerprint density at radius 2 is 2.05 bits per heavy atom. The summed E-state index contributed by atoms with van der Waals surface area (Å²) >= 11 is 5.08. The van der Waals surface area contributed by atoms with Crippen LogP contribution in [0.25, 0.3) is 0 Å². The van der Waals surface area contributed by atoms with E-state index in [1.54, 1.807) is 0 Å². The van der Waals surface area contributed by atoms with Crippen molar-refractivity contribution in [1.29, 1.82) is 0 Å². The van der Waals surface area contributed by atoms with Gasteiger partial charge in [-0.25, -0.2) is 4.68 Å². The lowest BCUT2D eigenvalue weighted by Crippen LogP contribution is -2.29. The summed E-state index contributed by atoms with van der Waals surface area (Å²) in [7, 11) is 0. The Morgan fingerprint density at radius 3 is 2.60 bits per heavy atom. The topological polar surface area (TPSA) is 73.0 Å². The molecule has 0 amide bonds. The van der Waals surface area contributed by atoms with E-state index < -0.39 is 0 Å². The molecule has 2 heterocycles. The molecule has 1 aromatic heterocycles. The average Bonchev–Trinajstić information content (AvgIpc) is 2.65. The quantitative estimate of drug-likeness (QED) is 0.655. The largest absolute Gasteiger partial charge is 0.362 e. The summed E-state index contributed by atoms with van der Waals surface area (Å²) in [5, 5.41) is 19.0. The molecule has 110 valence electrons. The number of thioether (sulfide) groups is 1. The Balaban J connectivity index is 1.90. The van der Waals surface area contributed by atoms with Crippen molar-refractivity contribution < 1.29 is 4.92 Å². The molecule has 1 saturated carbocycles. The van der Waals surface area contributed by atoms with Crippen LogP contribution < -0.4 is 5.32 Å². The third-order valence-corrected chi connectivity index (χ3v) is 5.71. The molecule has 1 aromatic rings. The van der Waals surface area contributed by atoms with E-state index in [1.165, 1.54) is 19.3 Å². The Bertz CT molecular complexity index is 512. The van der Waals surface area contributed by atoms with Gasteiger partial charge in [-0.05, 0) is 28.8 Å². The first kappa shape index (κ1) is 14.2. The van der Waals surface area contributed by atoms with Crippen molar-refractivity contribution in [2.24, 2.45) is 0 Å². The molecule has 20 heavy (non-hydrogen) atoms. The maximum atomic E-state index is 11.3. The van der Waals surface area contributed by atoms with Crippen LogP contribution in [0.3, 0.4) is 0 Å². The maximum absolute atomic E-state index is 11.3. The summed E-state index contributed by atoms with van der Waals surface area (Å²) in [4.78, 5) is 11.0. The molecule has 1 N–H and O–H groups in total. The lowest BCUT2D eigenvalue weighted by molar-refractivity contribution is -0.384. The lowest BCUT2D eigenvalue weighted by atomic mass is 9.95. The van der Waals surface area contributed by atoms with Gasteiger partial charge in [0.25, 0.3) is 0 Å². The molecule has 3 rings (SSSR count). The molecule has 0 radical (unpaired) electrons. The van der Waals surface area contributed by atoms with Gasteiger partial charge in [-0.1, -0.05) is 19.3 Å². The van der Waals surface area contributed by atoms with E-state index in [1.807, 2.05) is 16.4 Å². The Morgan fingerprint density at radius 1 is 1.35 bits per heavy atom. The smallest absolute Gasteiger partial charge is 0.345 e. The zero-order valence-corrected chi connectivity index (χ0v) is 13.5. The number of hydrogen-bond donors (Lipinski definition) is 1. The van der Waals surface area contributed by atoms with Crippen LogP contribution in [0.1, 0.15) is 38.1 Å². The Hall–Kier alpha value is -0.760. The highest BCUT2D eigenvalue weighted by Gasteiger charge is 2.33. The van der Waals surface area contributed by atoms with Crippen molar-refractivity contribution in [3.63, 3.8) is 0 Å². The van der Waals surface area contributed by atoms with Gasteiger partial charge in [-0.15, -0.1) is 0 Å². The molecule has 2 fully saturated rings. The van der Waals surface area contributed by atoms with Gasteiger partial charge in [-0.3, -0.25) is 10.1 Å². The number of halogens is 1. The molecule has 0 bridgehead atoms. The van der Waals surface area contributed by atoms with Crippen LogP contribution in [-0.4, -0.2) is 32.3 Å². The minimum Gasteiger partial charge on any atom is -0.362 e. The van der Waals surface area contributed by atoms with Gasteiger partial charge in [0.2, 0.25) is 10.4 Å². The molecule has 0 aromatic carbocycles. The van der Waals surface area contributed by atoms with E-state index in [2.05, 4.69) is 26.3 Å². The molecule has 2 aliphatic rings. The van der Waals surface area contributed by atoms with Gasteiger partial charge in [0.05, 0.1) is 11.0 Å². The van der Waals surface area contributed by atoms with Crippen LogP contribution in [0.4, 0.5) is 11.5 Å². The summed E-state index contributed by atoms with van der Waals surface area (Å²) in [5.41, 5.74) is 0.0764. The number of aromatic nitrogens is 2. The van der Waals surface area contributed by atoms with Gasteiger partial charge in [0.1, 0.15) is 0 Å². The Kier molecular flexibility index (Phi) is 4.21. The highest BCUT2D eigenvalue weighted by atomic mass is 79.9. The highest BCUT2D eigenvalue weighted by Crippen LogP contribution is 2.40. The van der Waals surface area contributed by atoms with Crippen LogP contribution in [0, 0.1) is 10.1 Å². The van der Waals surface area contributed by atoms with Crippen LogP contribution in [0.15, 0.2) is 4.60 Å². The second kappa shape index (κ2) is 5.93. The highest BCUT2D eigenvalue weighted by molar-refractivity contribution is 9.10. The average molecular weight is 361 g/mol. The molecule has 0 spiro atoms. The first-order valence-corrected chi connectivity index (χ1v) is 8.88. The molecule has 0 atom stereocenters. The first-order chi connectivity index (χ1) is 9.66. The number of anilines is 1. The number of rotatable bonds is 4. The van der Waals surface area contributed by atoms with Crippen molar-refractivity contribution in [3.8, 4) is 0 Å². The van der Waals surface area contributed by atoms with E-state index in [4.69, 9.17) is 0 Å². The lowest BCUT2D eigenvalue weighted by Gasteiger charge is -2.29.